The fourth-order valence-electron chi connectivity index (χ4n) is 3.44. The maximum absolute atomic E-state index is 13.7. The summed E-state index contributed by atoms with van der Waals surface area (Å²) in [6.45, 7) is 6.32. The first-order valence-corrected chi connectivity index (χ1v) is 10.8. The molecule has 2 heterocycles. The smallest absolute Gasteiger partial charge is 0.376 e. The van der Waals surface area contributed by atoms with Crippen LogP contribution in [0.5, 0.6) is 0 Å². The number of carbonyl (C=O) groups excluding carboxylic acids is 1. The van der Waals surface area contributed by atoms with Gasteiger partial charge in [0.1, 0.15) is 5.82 Å². The molecular weight excluding hydrogens is 475 g/mol. The predicted molar refractivity (Wildman–Crippen MR) is 118 cm³/mol. The summed E-state index contributed by atoms with van der Waals surface area (Å²) in [5.74, 6) is -0.0484. The SMILES string of the molecule is CCN1CCN(Cc2ccc(NCC(=O)Nc3cc(Br)ccn3)cc2C(F)(F)F)CC1. The highest BCUT2D eigenvalue weighted by Crippen LogP contribution is 2.34. The van der Waals surface area contributed by atoms with Gasteiger partial charge in [0, 0.05) is 49.1 Å². The molecule has 10 heteroatoms. The van der Waals surface area contributed by atoms with E-state index < -0.39 is 17.6 Å². The number of hydrogen-bond donors (Lipinski definition) is 2. The number of anilines is 2. The Morgan fingerprint density at radius 1 is 1.13 bits per heavy atom. The first-order chi connectivity index (χ1) is 14.7. The Morgan fingerprint density at radius 2 is 1.84 bits per heavy atom. The number of alkyl halides is 3. The zero-order valence-electron chi connectivity index (χ0n) is 17.2. The lowest BCUT2D eigenvalue weighted by molar-refractivity contribution is -0.138. The number of carbonyl (C=O) groups is 1. The summed E-state index contributed by atoms with van der Waals surface area (Å²) in [6, 6.07) is 7.50. The molecule has 1 aliphatic rings. The van der Waals surface area contributed by atoms with Crippen LogP contribution < -0.4 is 10.6 Å². The molecule has 0 radical (unpaired) electrons. The van der Waals surface area contributed by atoms with Gasteiger partial charge in [0.05, 0.1) is 12.1 Å². The number of hydrogen-bond acceptors (Lipinski definition) is 5. The number of rotatable bonds is 7. The topological polar surface area (TPSA) is 60.5 Å². The molecule has 3 rings (SSSR count). The maximum atomic E-state index is 13.7. The fourth-order valence-corrected chi connectivity index (χ4v) is 3.77. The highest BCUT2D eigenvalue weighted by Gasteiger charge is 2.34. The van der Waals surface area contributed by atoms with E-state index in [0.717, 1.165) is 43.3 Å². The molecule has 31 heavy (non-hydrogen) atoms. The molecule has 0 spiro atoms. The van der Waals surface area contributed by atoms with Gasteiger partial charge in [-0.25, -0.2) is 4.98 Å². The largest absolute Gasteiger partial charge is 0.416 e. The van der Waals surface area contributed by atoms with Crippen molar-refractivity contribution in [3.63, 3.8) is 0 Å². The van der Waals surface area contributed by atoms with Crippen molar-refractivity contribution >= 4 is 33.3 Å². The van der Waals surface area contributed by atoms with Crippen LogP contribution in [-0.2, 0) is 17.5 Å². The number of benzene rings is 1. The predicted octanol–water partition coefficient (Wildman–Crippen LogP) is 4.05. The van der Waals surface area contributed by atoms with Gasteiger partial charge in [-0.05, 0) is 36.4 Å². The average molecular weight is 500 g/mol. The fraction of sp³-hybridized carbons (Fsp3) is 0.429. The molecule has 1 fully saturated rings. The van der Waals surface area contributed by atoms with Gasteiger partial charge in [0.15, 0.2) is 0 Å². The van der Waals surface area contributed by atoms with Crippen molar-refractivity contribution in [2.24, 2.45) is 0 Å². The summed E-state index contributed by atoms with van der Waals surface area (Å²) in [5, 5.41) is 5.36. The second kappa shape index (κ2) is 10.4. The average Bonchev–Trinajstić information content (AvgIpc) is 2.73. The lowest BCUT2D eigenvalue weighted by Crippen LogP contribution is -2.45. The summed E-state index contributed by atoms with van der Waals surface area (Å²) in [7, 11) is 0. The van der Waals surface area contributed by atoms with Gasteiger partial charge < -0.3 is 15.5 Å². The zero-order chi connectivity index (χ0) is 22.4. The Kier molecular flexibility index (Phi) is 7.90. The third kappa shape index (κ3) is 6.91. The molecule has 1 aromatic carbocycles. The number of piperazine rings is 1. The van der Waals surface area contributed by atoms with Crippen molar-refractivity contribution in [2.75, 3.05) is 49.9 Å². The van der Waals surface area contributed by atoms with Crippen molar-refractivity contribution < 1.29 is 18.0 Å². The van der Waals surface area contributed by atoms with E-state index in [4.69, 9.17) is 0 Å². The maximum Gasteiger partial charge on any atom is 0.416 e. The normalized spacial score (nSPS) is 15.6. The minimum atomic E-state index is -4.47. The molecule has 1 saturated heterocycles. The highest BCUT2D eigenvalue weighted by atomic mass is 79.9. The molecule has 1 amide bonds. The summed E-state index contributed by atoms with van der Waals surface area (Å²) in [6.07, 6.45) is -2.94. The zero-order valence-corrected chi connectivity index (χ0v) is 18.8. The number of pyridine rings is 1. The number of likely N-dealkylation sites (N-methyl/N-ethyl adjacent to an activating group) is 1. The quantitative estimate of drug-likeness (QED) is 0.601. The minimum Gasteiger partial charge on any atom is -0.376 e. The molecule has 168 valence electrons. The van der Waals surface area contributed by atoms with Gasteiger partial charge in [-0.1, -0.05) is 28.9 Å². The Labute approximate surface area is 187 Å². The number of aromatic nitrogens is 1. The molecule has 2 aromatic rings. The van der Waals surface area contributed by atoms with Gasteiger partial charge in [-0.15, -0.1) is 0 Å². The molecular formula is C21H25BrF3N5O. The number of halogens is 4. The Hall–Kier alpha value is -2.17. The van der Waals surface area contributed by atoms with Crippen LogP contribution in [0.2, 0.25) is 0 Å². The van der Waals surface area contributed by atoms with Crippen LogP contribution in [0.3, 0.4) is 0 Å². The molecule has 2 N–H and O–H groups in total. The van der Waals surface area contributed by atoms with Crippen LogP contribution in [0.25, 0.3) is 0 Å². The van der Waals surface area contributed by atoms with Crippen LogP contribution in [0.1, 0.15) is 18.1 Å². The van der Waals surface area contributed by atoms with E-state index >= 15 is 0 Å². The number of nitrogens with zero attached hydrogens (tertiary/aromatic N) is 3. The monoisotopic (exact) mass is 499 g/mol. The lowest BCUT2D eigenvalue weighted by atomic mass is 10.0. The Morgan fingerprint density at radius 3 is 2.48 bits per heavy atom. The van der Waals surface area contributed by atoms with E-state index in [2.05, 4.69) is 43.4 Å². The van der Waals surface area contributed by atoms with E-state index in [0.29, 0.717) is 5.82 Å². The van der Waals surface area contributed by atoms with E-state index in [-0.39, 0.29) is 24.3 Å². The van der Waals surface area contributed by atoms with Crippen LogP contribution >= 0.6 is 15.9 Å². The van der Waals surface area contributed by atoms with Crippen molar-refractivity contribution in [3.05, 3.63) is 52.1 Å². The third-order valence-electron chi connectivity index (χ3n) is 5.16. The second-order valence-electron chi connectivity index (χ2n) is 7.34. The minimum absolute atomic E-state index is 0.177. The molecule has 1 aromatic heterocycles. The molecule has 6 nitrogen and oxygen atoms in total. The molecule has 0 aliphatic carbocycles. The molecule has 0 unspecified atom stereocenters. The van der Waals surface area contributed by atoms with Gasteiger partial charge >= 0.3 is 6.18 Å². The van der Waals surface area contributed by atoms with Crippen molar-refractivity contribution in [3.8, 4) is 0 Å². The van der Waals surface area contributed by atoms with E-state index in [1.165, 1.54) is 12.3 Å². The highest BCUT2D eigenvalue weighted by molar-refractivity contribution is 9.10. The van der Waals surface area contributed by atoms with Gasteiger partial charge in [-0.2, -0.15) is 13.2 Å². The van der Waals surface area contributed by atoms with Gasteiger partial charge in [0.25, 0.3) is 0 Å². The third-order valence-corrected chi connectivity index (χ3v) is 5.66. The van der Waals surface area contributed by atoms with Gasteiger partial charge in [-0.3, -0.25) is 9.69 Å². The van der Waals surface area contributed by atoms with Crippen molar-refractivity contribution in [1.82, 2.24) is 14.8 Å². The summed E-state index contributed by atoms with van der Waals surface area (Å²) in [5.41, 5.74) is -0.195. The summed E-state index contributed by atoms with van der Waals surface area (Å²) >= 11 is 3.28. The summed E-state index contributed by atoms with van der Waals surface area (Å²) < 4.78 is 41.8. The Balaban J connectivity index is 1.63. The van der Waals surface area contributed by atoms with E-state index in [9.17, 15) is 18.0 Å². The van der Waals surface area contributed by atoms with Crippen LogP contribution in [-0.4, -0.2) is 60.0 Å². The molecule has 0 bridgehead atoms. The van der Waals surface area contributed by atoms with Crippen molar-refractivity contribution in [2.45, 2.75) is 19.6 Å². The molecule has 0 atom stereocenters. The van der Waals surface area contributed by atoms with Crippen LogP contribution in [0, 0.1) is 0 Å². The van der Waals surface area contributed by atoms with E-state index in [1.807, 2.05) is 4.90 Å². The first kappa shape index (κ1) is 23.5. The number of amides is 1. The Bertz CT molecular complexity index is 901. The van der Waals surface area contributed by atoms with Crippen LogP contribution in [0.15, 0.2) is 41.0 Å². The lowest BCUT2D eigenvalue weighted by Gasteiger charge is -2.34. The summed E-state index contributed by atoms with van der Waals surface area (Å²) in [4.78, 5) is 20.4. The standard InChI is InChI=1S/C21H25BrF3N5O/c1-2-29-7-9-30(10-8-29)14-15-3-4-17(12-18(15)21(23,24)25)27-13-20(31)28-19-11-16(22)5-6-26-19/h3-6,11-12,27H,2,7-10,13-14H2,1H3,(H,26,28,31). The molecule has 0 saturated carbocycles. The van der Waals surface area contributed by atoms with Crippen LogP contribution in [0.4, 0.5) is 24.7 Å². The number of nitrogens with one attached hydrogen (secondary N) is 2. The van der Waals surface area contributed by atoms with E-state index in [1.54, 1.807) is 18.2 Å². The second-order valence-corrected chi connectivity index (χ2v) is 8.26. The van der Waals surface area contributed by atoms with Crippen molar-refractivity contribution in [1.29, 1.82) is 0 Å². The van der Waals surface area contributed by atoms with Gasteiger partial charge in [0.2, 0.25) is 5.91 Å². The first-order valence-electron chi connectivity index (χ1n) is 10.0. The molecule has 1 aliphatic heterocycles.